The van der Waals surface area contributed by atoms with Gasteiger partial charge in [-0.1, -0.05) is 42.5 Å². The third-order valence-corrected chi connectivity index (χ3v) is 5.09. The zero-order valence-corrected chi connectivity index (χ0v) is 15.2. The number of likely N-dealkylation sites (tertiary alicyclic amines) is 1. The first-order valence-corrected chi connectivity index (χ1v) is 9.04. The molecule has 1 aliphatic heterocycles. The summed E-state index contributed by atoms with van der Waals surface area (Å²) < 4.78 is 0. The molecular formula is C20H26N3S+. The quantitative estimate of drug-likeness (QED) is 0.747. The van der Waals surface area contributed by atoms with Gasteiger partial charge in [0.25, 0.3) is 0 Å². The van der Waals surface area contributed by atoms with E-state index in [0.29, 0.717) is 6.04 Å². The van der Waals surface area contributed by atoms with E-state index in [9.17, 15) is 0 Å². The number of nitrogens with one attached hydrogen (secondary N) is 3. The maximum atomic E-state index is 5.51. The molecule has 0 spiro atoms. The molecule has 0 aliphatic carbocycles. The molecular weight excluding hydrogens is 314 g/mol. The topological polar surface area (TPSA) is 28.5 Å². The lowest BCUT2D eigenvalue weighted by Gasteiger charge is -2.17. The highest BCUT2D eigenvalue weighted by molar-refractivity contribution is 7.80. The number of hydrogen-bond acceptors (Lipinski definition) is 1. The molecule has 0 aromatic heterocycles. The van der Waals surface area contributed by atoms with Crippen LogP contribution in [-0.2, 0) is 6.54 Å². The minimum atomic E-state index is 0.453. The summed E-state index contributed by atoms with van der Waals surface area (Å²) in [6.07, 6.45) is 1.16. The largest absolute Gasteiger partial charge is 0.354 e. The molecule has 1 aliphatic rings. The second-order valence-corrected chi connectivity index (χ2v) is 7.11. The van der Waals surface area contributed by atoms with E-state index in [0.717, 1.165) is 30.3 Å². The minimum Gasteiger partial charge on any atom is -0.354 e. The summed E-state index contributed by atoms with van der Waals surface area (Å²) in [5.74, 6) is 0. The van der Waals surface area contributed by atoms with Crippen LogP contribution in [0.15, 0.2) is 48.5 Å². The molecule has 1 fully saturated rings. The van der Waals surface area contributed by atoms with Gasteiger partial charge in [0.15, 0.2) is 5.11 Å². The lowest BCUT2D eigenvalue weighted by molar-refractivity contribution is -0.901. The number of benzene rings is 2. The summed E-state index contributed by atoms with van der Waals surface area (Å²) in [6.45, 7) is 7.65. The molecule has 0 amide bonds. The zero-order valence-electron chi connectivity index (χ0n) is 14.4. The molecule has 1 unspecified atom stereocenters. The second kappa shape index (κ2) is 7.77. The van der Waals surface area contributed by atoms with Crippen LogP contribution in [-0.4, -0.2) is 24.2 Å². The Kier molecular flexibility index (Phi) is 5.48. The first kappa shape index (κ1) is 16.9. The van der Waals surface area contributed by atoms with E-state index >= 15 is 0 Å². The van der Waals surface area contributed by atoms with Crippen LogP contribution in [0.25, 0.3) is 0 Å². The van der Waals surface area contributed by atoms with Crippen molar-refractivity contribution in [3.8, 4) is 0 Å². The normalized spacial score (nSPS) is 19.9. The van der Waals surface area contributed by atoms with Gasteiger partial charge < -0.3 is 15.5 Å². The van der Waals surface area contributed by atoms with Crippen molar-refractivity contribution in [1.29, 1.82) is 0 Å². The van der Waals surface area contributed by atoms with Gasteiger partial charge in [-0.15, -0.1) is 0 Å². The van der Waals surface area contributed by atoms with Crippen LogP contribution in [0.1, 0.15) is 23.1 Å². The predicted octanol–water partition coefficient (Wildman–Crippen LogP) is 2.45. The lowest BCUT2D eigenvalue weighted by Crippen LogP contribution is -3.09. The molecule has 3 nitrogen and oxygen atoms in total. The Hall–Kier alpha value is -1.91. The molecule has 0 radical (unpaired) electrons. The van der Waals surface area contributed by atoms with Crippen molar-refractivity contribution in [1.82, 2.24) is 5.32 Å². The van der Waals surface area contributed by atoms with E-state index in [2.05, 4.69) is 73.0 Å². The number of hydrogen-bond donors (Lipinski definition) is 3. The van der Waals surface area contributed by atoms with E-state index in [4.69, 9.17) is 12.2 Å². The van der Waals surface area contributed by atoms with Crippen LogP contribution >= 0.6 is 12.2 Å². The van der Waals surface area contributed by atoms with Crippen LogP contribution in [0, 0.1) is 13.8 Å². The Balaban J connectivity index is 1.50. The molecule has 0 bridgehead atoms. The highest BCUT2D eigenvalue weighted by Crippen LogP contribution is 2.17. The van der Waals surface area contributed by atoms with Crippen molar-refractivity contribution in [2.75, 3.05) is 18.4 Å². The van der Waals surface area contributed by atoms with E-state index in [1.165, 1.54) is 23.2 Å². The fourth-order valence-electron chi connectivity index (χ4n) is 3.33. The van der Waals surface area contributed by atoms with Gasteiger partial charge in [-0.05, 0) is 43.3 Å². The standard InChI is InChI=1S/C20H25N3S/c1-15-7-6-10-19(16(15)2)22-20(24)21-18-11-12-23(14-18)13-17-8-4-3-5-9-17/h3-10,18H,11-14H2,1-2H3,(H2,21,22,24)/p+1/t18-/m1/s1. The highest BCUT2D eigenvalue weighted by Gasteiger charge is 2.26. The molecule has 2 atom stereocenters. The average molecular weight is 341 g/mol. The maximum Gasteiger partial charge on any atom is 0.171 e. The first-order chi connectivity index (χ1) is 11.6. The summed E-state index contributed by atoms with van der Waals surface area (Å²) in [6, 6.07) is 17.4. The predicted molar refractivity (Wildman–Crippen MR) is 105 cm³/mol. The van der Waals surface area contributed by atoms with Crippen LogP contribution in [0.4, 0.5) is 5.69 Å². The van der Waals surface area contributed by atoms with E-state index in [-0.39, 0.29) is 0 Å². The molecule has 3 N–H and O–H groups in total. The van der Waals surface area contributed by atoms with Gasteiger partial charge in [0.1, 0.15) is 6.54 Å². The Morgan fingerprint density at radius 3 is 2.71 bits per heavy atom. The van der Waals surface area contributed by atoms with Crippen molar-refractivity contribution >= 4 is 23.0 Å². The molecule has 24 heavy (non-hydrogen) atoms. The Morgan fingerprint density at radius 1 is 1.12 bits per heavy atom. The van der Waals surface area contributed by atoms with Gasteiger partial charge >= 0.3 is 0 Å². The first-order valence-electron chi connectivity index (χ1n) is 8.63. The third-order valence-electron chi connectivity index (χ3n) is 4.87. The van der Waals surface area contributed by atoms with Crippen LogP contribution < -0.4 is 15.5 Å². The summed E-state index contributed by atoms with van der Waals surface area (Å²) in [5.41, 5.74) is 5.04. The van der Waals surface area contributed by atoms with Crippen molar-refractivity contribution in [3.05, 3.63) is 65.2 Å². The highest BCUT2D eigenvalue weighted by atomic mass is 32.1. The summed E-state index contributed by atoms with van der Waals surface area (Å²) in [4.78, 5) is 1.62. The molecule has 0 saturated carbocycles. The minimum absolute atomic E-state index is 0.453. The third kappa shape index (κ3) is 4.34. The van der Waals surface area contributed by atoms with Gasteiger partial charge in [-0.3, -0.25) is 0 Å². The molecule has 3 rings (SSSR count). The van der Waals surface area contributed by atoms with E-state index in [1.54, 1.807) is 4.90 Å². The SMILES string of the molecule is Cc1cccc(NC(=S)N[C@@H]2CC[NH+](Cc3ccccc3)C2)c1C. The fourth-order valence-corrected chi connectivity index (χ4v) is 3.61. The van der Waals surface area contributed by atoms with E-state index in [1.807, 2.05) is 0 Å². The zero-order chi connectivity index (χ0) is 16.9. The van der Waals surface area contributed by atoms with Gasteiger partial charge in [-0.25, -0.2) is 0 Å². The van der Waals surface area contributed by atoms with Crippen molar-refractivity contribution < 1.29 is 4.90 Å². The second-order valence-electron chi connectivity index (χ2n) is 6.70. The number of aryl methyl sites for hydroxylation is 1. The fraction of sp³-hybridized carbons (Fsp3) is 0.350. The molecule has 126 valence electrons. The molecule has 2 aromatic rings. The monoisotopic (exact) mass is 340 g/mol. The lowest BCUT2D eigenvalue weighted by atomic mass is 10.1. The number of thiocarbonyl (C=S) groups is 1. The maximum absolute atomic E-state index is 5.51. The molecule has 4 heteroatoms. The number of quaternary nitrogens is 1. The van der Waals surface area contributed by atoms with Crippen molar-refractivity contribution in [2.45, 2.75) is 32.9 Å². The molecule has 1 heterocycles. The summed E-state index contributed by atoms with van der Waals surface area (Å²) in [5, 5.41) is 7.57. The summed E-state index contributed by atoms with van der Waals surface area (Å²) in [7, 11) is 0. The van der Waals surface area contributed by atoms with Crippen molar-refractivity contribution in [2.24, 2.45) is 0 Å². The van der Waals surface area contributed by atoms with Gasteiger partial charge in [0.2, 0.25) is 0 Å². The molecule has 2 aromatic carbocycles. The van der Waals surface area contributed by atoms with E-state index < -0.39 is 0 Å². The Labute approximate surface area is 150 Å². The van der Waals surface area contributed by atoms with Crippen LogP contribution in [0.2, 0.25) is 0 Å². The van der Waals surface area contributed by atoms with Crippen LogP contribution in [0.3, 0.4) is 0 Å². The summed E-state index contributed by atoms with van der Waals surface area (Å²) >= 11 is 5.51. The Morgan fingerprint density at radius 2 is 1.92 bits per heavy atom. The number of anilines is 1. The van der Waals surface area contributed by atoms with Gasteiger partial charge in [0.05, 0.1) is 19.1 Å². The molecule has 1 saturated heterocycles. The number of rotatable bonds is 4. The smallest absolute Gasteiger partial charge is 0.171 e. The average Bonchev–Trinajstić information content (AvgIpc) is 2.99. The van der Waals surface area contributed by atoms with Crippen molar-refractivity contribution in [3.63, 3.8) is 0 Å². The van der Waals surface area contributed by atoms with Gasteiger partial charge in [0, 0.05) is 17.7 Å². The van der Waals surface area contributed by atoms with Crippen LogP contribution in [0.5, 0.6) is 0 Å². The Bertz CT molecular complexity index is 699. The van der Waals surface area contributed by atoms with Gasteiger partial charge in [-0.2, -0.15) is 0 Å².